The van der Waals surface area contributed by atoms with Gasteiger partial charge in [0.25, 0.3) is 5.91 Å². The highest BCUT2D eigenvalue weighted by atomic mass is 16.5. The maximum Gasteiger partial charge on any atom is 0.275 e. The van der Waals surface area contributed by atoms with Crippen LogP contribution in [0.1, 0.15) is 21.8 Å². The lowest BCUT2D eigenvalue weighted by molar-refractivity contribution is 0.102. The summed E-state index contributed by atoms with van der Waals surface area (Å²) in [5.41, 5.74) is 1.44. The van der Waals surface area contributed by atoms with Gasteiger partial charge in [-0.05, 0) is 37.1 Å². The Balaban J connectivity index is 1.64. The lowest BCUT2D eigenvalue weighted by Gasteiger charge is -2.17. The summed E-state index contributed by atoms with van der Waals surface area (Å²) in [5.74, 6) is 1.10. The summed E-state index contributed by atoms with van der Waals surface area (Å²) in [5, 5.41) is 6.38. The minimum Gasteiger partial charge on any atom is -0.360 e. The zero-order valence-electron chi connectivity index (χ0n) is 14.0. The largest absolute Gasteiger partial charge is 0.360 e. The monoisotopic (exact) mass is 338 g/mol. The molecule has 0 aliphatic carbocycles. The average molecular weight is 338 g/mol. The molecule has 0 fully saturated rings. The van der Waals surface area contributed by atoms with Crippen molar-refractivity contribution in [3.63, 3.8) is 0 Å². The van der Waals surface area contributed by atoms with Crippen LogP contribution in [0.4, 0.5) is 11.8 Å². The zero-order chi connectivity index (χ0) is 17.6. The van der Waals surface area contributed by atoms with E-state index in [2.05, 4.69) is 25.4 Å². The first kappa shape index (κ1) is 16.6. The minimum absolute atomic E-state index is 0.265. The van der Waals surface area contributed by atoms with Crippen LogP contribution in [-0.2, 0) is 6.42 Å². The molecule has 3 aromatic rings. The van der Waals surface area contributed by atoms with E-state index in [0.29, 0.717) is 17.5 Å². The SMILES string of the molecule is Cc1cc(NC(=O)c2ccnc(N(C)CCc3ccncc3)n2)no1. The lowest BCUT2D eigenvalue weighted by atomic mass is 10.2. The van der Waals surface area contributed by atoms with Crippen molar-refractivity contribution in [2.75, 3.05) is 23.8 Å². The predicted molar refractivity (Wildman–Crippen MR) is 92.4 cm³/mol. The van der Waals surface area contributed by atoms with E-state index in [4.69, 9.17) is 4.52 Å². The Morgan fingerprint density at radius 2 is 2.04 bits per heavy atom. The number of nitrogens with one attached hydrogen (secondary N) is 1. The van der Waals surface area contributed by atoms with Gasteiger partial charge in [-0.15, -0.1) is 0 Å². The third-order valence-electron chi connectivity index (χ3n) is 3.57. The Labute approximate surface area is 144 Å². The standard InChI is InChI=1S/C17H18N6O2/c1-12-11-15(22-25-12)21-16(24)14-5-9-19-17(20-14)23(2)10-6-13-3-7-18-8-4-13/h3-5,7-9,11H,6,10H2,1-2H3,(H,21,22,24). The predicted octanol–water partition coefficient (Wildman–Crippen LogP) is 2.10. The third-order valence-corrected chi connectivity index (χ3v) is 3.57. The molecule has 0 unspecified atom stereocenters. The number of amides is 1. The molecule has 0 atom stereocenters. The van der Waals surface area contributed by atoms with Gasteiger partial charge in [0.15, 0.2) is 5.82 Å². The Morgan fingerprint density at radius 1 is 1.24 bits per heavy atom. The molecule has 3 rings (SSSR count). The van der Waals surface area contributed by atoms with Crippen LogP contribution in [0.15, 0.2) is 47.4 Å². The first-order valence-electron chi connectivity index (χ1n) is 7.79. The third kappa shape index (κ3) is 4.37. The van der Waals surface area contributed by atoms with Crippen LogP contribution in [-0.4, -0.2) is 39.6 Å². The smallest absolute Gasteiger partial charge is 0.275 e. The number of likely N-dealkylation sites (N-methyl/N-ethyl adjacent to an activating group) is 1. The fraction of sp³-hybridized carbons (Fsp3) is 0.235. The molecule has 25 heavy (non-hydrogen) atoms. The molecule has 0 aromatic carbocycles. The van der Waals surface area contributed by atoms with Crippen LogP contribution in [0.2, 0.25) is 0 Å². The van der Waals surface area contributed by atoms with E-state index in [9.17, 15) is 4.79 Å². The van der Waals surface area contributed by atoms with E-state index in [0.717, 1.165) is 13.0 Å². The van der Waals surface area contributed by atoms with Gasteiger partial charge in [-0.2, -0.15) is 0 Å². The molecule has 8 nitrogen and oxygen atoms in total. The molecular formula is C17H18N6O2. The maximum absolute atomic E-state index is 12.3. The number of aromatic nitrogens is 4. The molecule has 3 aromatic heterocycles. The van der Waals surface area contributed by atoms with Crippen LogP contribution >= 0.6 is 0 Å². The summed E-state index contributed by atoms with van der Waals surface area (Å²) >= 11 is 0. The highest BCUT2D eigenvalue weighted by Crippen LogP contribution is 2.11. The fourth-order valence-electron chi connectivity index (χ4n) is 2.21. The molecule has 8 heteroatoms. The number of rotatable bonds is 6. The number of carbonyl (C=O) groups is 1. The Hall–Kier alpha value is -3.29. The molecule has 1 amide bonds. The van der Waals surface area contributed by atoms with E-state index in [1.54, 1.807) is 37.6 Å². The van der Waals surface area contributed by atoms with Crippen LogP contribution in [0.3, 0.4) is 0 Å². The van der Waals surface area contributed by atoms with E-state index < -0.39 is 0 Å². The number of anilines is 2. The van der Waals surface area contributed by atoms with Crippen molar-refractivity contribution in [1.82, 2.24) is 20.1 Å². The molecule has 0 aliphatic heterocycles. The Bertz CT molecular complexity index is 849. The number of nitrogens with zero attached hydrogens (tertiary/aromatic N) is 5. The fourth-order valence-corrected chi connectivity index (χ4v) is 2.21. The van der Waals surface area contributed by atoms with Gasteiger partial charge in [0.05, 0.1) is 0 Å². The van der Waals surface area contributed by atoms with Gasteiger partial charge < -0.3 is 14.7 Å². The van der Waals surface area contributed by atoms with E-state index in [1.807, 2.05) is 24.1 Å². The van der Waals surface area contributed by atoms with Gasteiger partial charge in [-0.1, -0.05) is 5.16 Å². The summed E-state index contributed by atoms with van der Waals surface area (Å²) in [6.07, 6.45) is 5.93. The molecule has 0 saturated carbocycles. The maximum atomic E-state index is 12.3. The highest BCUT2D eigenvalue weighted by Gasteiger charge is 2.13. The van der Waals surface area contributed by atoms with Gasteiger partial charge in [0.2, 0.25) is 5.95 Å². The number of hydrogen-bond donors (Lipinski definition) is 1. The van der Waals surface area contributed by atoms with Crippen molar-refractivity contribution in [3.8, 4) is 0 Å². The summed E-state index contributed by atoms with van der Waals surface area (Å²) in [6, 6.07) is 7.14. The second kappa shape index (κ2) is 7.52. The molecule has 3 heterocycles. The van der Waals surface area contributed by atoms with Crippen molar-refractivity contribution in [3.05, 3.63) is 59.9 Å². The molecule has 1 N–H and O–H groups in total. The van der Waals surface area contributed by atoms with Crippen LogP contribution < -0.4 is 10.2 Å². The molecule has 0 radical (unpaired) electrons. The van der Waals surface area contributed by atoms with Crippen LogP contribution in [0, 0.1) is 6.92 Å². The van der Waals surface area contributed by atoms with Crippen molar-refractivity contribution in [2.45, 2.75) is 13.3 Å². The summed E-state index contributed by atoms with van der Waals surface area (Å²) in [6.45, 7) is 2.47. The molecule has 0 aliphatic rings. The van der Waals surface area contributed by atoms with E-state index in [-0.39, 0.29) is 11.6 Å². The molecule has 0 bridgehead atoms. The number of aryl methyl sites for hydroxylation is 1. The van der Waals surface area contributed by atoms with Crippen molar-refractivity contribution in [1.29, 1.82) is 0 Å². The molecular weight excluding hydrogens is 320 g/mol. The summed E-state index contributed by atoms with van der Waals surface area (Å²) < 4.78 is 4.93. The topological polar surface area (TPSA) is 97.0 Å². The number of carbonyl (C=O) groups excluding carboxylic acids is 1. The Kier molecular flexibility index (Phi) is 4.98. The first-order chi connectivity index (χ1) is 12.1. The van der Waals surface area contributed by atoms with Gasteiger partial charge in [-0.25, -0.2) is 9.97 Å². The van der Waals surface area contributed by atoms with E-state index in [1.165, 1.54) is 5.56 Å². The molecule has 0 spiro atoms. The lowest BCUT2D eigenvalue weighted by Crippen LogP contribution is -2.24. The summed E-state index contributed by atoms with van der Waals surface area (Å²) in [7, 11) is 1.89. The zero-order valence-corrected chi connectivity index (χ0v) is 14.0. The van der Waals surface area contributed by atoms with Crippen LogP contribution in [0.5, 0.6) is 0 Å². The van der Waals surface area contributed by atoms with Crippen molar-refractivity contribution in [2.24, 2.45) is 0 Å². The van der Waals surface area contributed by atoms with Gasteiger partial charge in [0.1, 0.15) is 11.5 Å². The van der Waals surface area contributed by atoms with Gasteiger partial charge >= 0.3 is 0 Å². The number of pyridine rings is 1. The molecule has 0 saturated heterocycles. The number of hydrogen-bond acceptors (Lipinski definition) is 7. The van der Waals surface area contributed by atoms with Gasteiger partial charge in [0, 0.05) is 38.2 Å². The summed E-state index contributed by atoms with van der Waals surface area (Å²) in [4.78, 5) is 26.7. The van der Waals surface area contributed by atoms with E-state index >= 15 is 0 Å². The quantitative estimate of drug-likeness (QED) is 0.735. The normalized spacial score (nSPS) is 10.5. The highest BCUT2D eigenvalue weighted by molar-refractivity contribution is 6.02. The van der Waals surface area contributed by atoms with Gasteiger partial charge in [-0.3, -0.25) is 9.78 Å². The Morgan fingerprint density at radius 3 is 2.76 bits per heavy atom. The minimum atomic E-state index is -0.362. The second-order valence-electron chi connectivity index (χ2n) is 5.55. The second-order valence-corrected chi connectivity index (χ2v) is 5.55. The van der Waals surface area contributed by atoms with Crippen molar-refractivity contribution >= 4 is 17.7 Å². The average Bonchev–Trinajstić information content (AvgIpc) is 3.05. The van der Waals surface area contributed by atoms with Crippen molar-refractivity contribution < 1.29 is 9.32 Å². The molecule has 128 valence electrons. The van der Waals surface area contributed by atoms with Crippen LogP contribution in [0.25, 0.3) is 0 Å². The first-order valence-corrected chi connectivity index (χ1v) is 7.79.